The van der Waals surface area contributed by atoms with E-state index in [0.29, 0.717) is 24.6 Å². The van der Waals surface area contributed by atoms with E-state index < -0.39 is 5.41 Å². The molecule has 0 atom stereocenters. The highest BCUT2D eigenvalue weighted by molar-refractivity contribution is 6.01. The summed E-state index contributed by atoms with van der Waals surface area (Å²) < 4.78 is 18.5. The van der Waals surface area contributed by atoms with Crippen LogP contribution in [0.15, 0.2) is 48.5 Å². The van der Waals surface area contributed by atoms with Crippen molar-refractivity contribution in [2.45, 2.75) is 18.3 Å². The van der Waals surface area contributed by atoms with Crippen LogP contribution in [0.5, 0.6) is 5.75 Å². The number of hydrogen-bond donors (Lipinski definition) is 2. The van der Waals surface area contributed by atoms with Crippen molar-refractivity contribution >= 4 is 11.6 Å². The zero-order chi connectivity index (χ0) is 16.3. The molecule has 0 unspecified atom stereocenters. The highest BCUT2D eigenvalue weighted by Crippen LogP contribution is 2.49. The zero-order valence-corrected chi connectivity index (χ0v) is 12.7. The van der Waals surface area contributed by atoms with Gasteiger partial charge in [0.15, 0.2) is 0 Å². The van der Waals surface area contributed by atoms with Gasteiger partial charge in [0.1, 0.15) is 18.2 Å². The van der Waals surface area contributed by atoms with E-state index in [1.165, 1.54) is 12.1 Å². The summed E-state index contributed by atoms with van der Waals surface area (Å²) in [5.41, 5.74) is 6.43. The molecular formula is C18H19FN2O2. The maximum absolute atomic E-state index is 13.0. The Kier molecular flexibility index (Phi) is 4.30. The van der Waals surface area contributed by atoms with E-state index in [1.807, 2.05) is 0 Å². The maximum Gasteiger partial charge on any atom is 0.235 e. The molecule has 5 heteroatoms. The van der Waals surface area contributed by atoms with Crippen LogP contribution in [0.2, 0.25) is 0 Å². The first-order valence-corrected chi connectivity index (χ1v) is 7.64. The van der Waals surface area contributed by atoms with Gasteiger partial charge in [0.05, 0.1) is 5.41 Å². The summed E-state index contributed by atoms with van der Waals surface area (Å²) in [4.78, 5) is 12.6. The number of amides is 1. The highest BCUT2D eigenvalue weighted by atomic mass is 19.1. The summed E-state index contributed by atoms with van der Waals surface area (Å²) in [5, 5.41) is 2.93. The van der Waals surface area contributed by atoms with Crippen LogP contribution in [0.3, 0.4) is 0 Å². The van der Waals surface area contributed by atoms with Crippen LogP contribution >= 0.6 is 0 Å². The number of anilines is 1. The first kappa shape index (κ1) is 15.5. The second kappa shape index (κ2) is 6.38. The fourth-order valence-electron chi connectivity index (χ4n) is 2.60. The van der Waals surface area contributed by atoms with Crippen molar-refractivity contribution < 1.29 is 13.9 Å². The van der Waals surface area contributed by atoms with Crippen molar-refractivity contribution in [3.63, 3.8) is 0 Å². The number of nitrogens with two attached hydrogens (primary N) is 1. The molecule has 0 spiro atoms. The van der Waals surface area contributed by atoms with E-state index >= 15 is 0 Å². The van der Waals surface area contributed by atoms with Crippen LogP contribution in [0.25, 0.3) is 0 Å². The summed E-state index contributed by atoms with van der Waals surface area (Å²) in [6.45, 7) is 0.915. The minimum atomic E-state index is -0.525. The van der Waals surface area contributed by atoms with E-state index in [4.69, 9.17) is 10.5 Å². The molecule has 23 heavy (non-hydrogen) atoms. The topological polar surface area (TPSA) is 64.3 Å². The first-order valence-electron chi connectivity index (χ1n) is 7.64. The number of ether oxygens (including phenoxy) is 1. The molecule has 2 aromatic rings. The molecule has 0 saturated heterocycles. The Bertz CT molecular complexity index is 679. The van der Waals surface area contributed by atoms with Gasteiger partial charge in [0, 0.05) is 12.2 Å². The minimum absolute atomic E-state index is 0.0558. The molecule has 0 heterocycles. The third-order valence-corrected chi connectivity index (χ3v) is 4.08. The molecular weight excluding hydrogens is 295 g/mol. The Morgan fingerprint density at radius 3 is 2.35 bits per heavy atom. The fraction of sp³-hybridized carbons (Fsp3) is 0.278. The van der Waals surface area contributed by atoms with E-state index in [2.05, 4.69) is 5.32 Å². The normalized spacial score (nSPS) is 15.0. The third-order valence-electron chi connectivity index (χ3n) is 4.08. The van der Waals surface area contributed by atoms with Crippen molar-refractivity contribution in [2.75, 3.05) is 18.5 Å². The van der Waals surface area contributed by atoms with Crippen LogP contribution in [0, 0.1) is 5.82 Å². The maximum atomic E-state index is 13.0. The van der Waals surface area contributed by atoms with Gasteiger partial charge in [0.2, 0.25) is 5.91 Å². The Morgan fingerprint density at radius 1 is 1.13 bits per heavy atom. The monoisotopic (exact) mass is 314 g/mol. The molecule has 0 aromatic heterocycles. The lowest BCUT2D eigenvalue weighted by Gasteiger charge is -2.16. The summed E-state index contributed by atoms with van der Waals surface area (Å²) >= 11 is 0. The molecule has 3 N–H and O–H groups in total. The minimum Gasteiger partial charge on any atom is -0.492 e. The van der Waals surface area contributed by atoms with E-state index in [0.717, 1.165) is 18.4 Å². The number of nitrogens with one attached hydrogen (secondary N) is 1. The standard InChI is InChI=1S/C18H19FN2O2/c19-14-3-1-13(2-4-14)18(9-10-18)17(22)21-15-5-7-16(8-6-15)23-12-11-20/h1-8H,9-12,20H2,(H,21,22). The summed E-state index contributed by atoms with van der Waals surface area (Å²) in [6.07, 6.45) is 1.56. The molecule has 1 aliphatic carbocycles. The van der Waals surface area contributed by atoms with E-state index in [1.54, 1.807) is 36.4 Å². The number of hydrogen-bond acceptors (Lipinski definition) is 3. The van der Waals surface area contributed by atoms with Gasteiger partial charge in [-0.05, 0) is 54.8 Å². The van der Waals surface area contributed by atoms with Gasteiger partial charge in [-0.25, -0.2) is 4.39 Å². The summed E-state index contributed by atoms with van der Waals surface area (Å²) in [6, 6.07) is 13.3. The van der Waals surface area contributed by atoms with Crippen molar-refractivity contribution in [1.82, 2.24) is 0 Å². The third kappa shape index (κ3) is 3.35. The molecule has 0 radical (unpaired) electrons. The molecule has 0 aliphatic heterocycles. The molecule has 1 fully saturated rings. The number of carbonyl (C=O) groups excluding carboxylic acids is 1. The van der Waals surface area contributed by atoms with Crippen molar-refractivity contribution in [3.05, 3.63) is 59.9 Å². The molecule has 1 amide bonds. The van der Waals surface area contributed by atoms with Crippen LogP contribution in [0.1, 0.15) is 18.4 Å². The Morgan fingerprint density at radius 2 is 1.78 bits per heavy atom. The van der Waals surface area contributed by atoms with Gasteiger partial charge >= 0.3 is 0 Å². The molecule has 1 saturated carbocycles. The van der Waals surface area contributed by atoms with Crippen molar-refractivity contribution in [1.29, 1.82) is 0 Å². The molecule has 4 nitrogen and oxygen atoms in total. The number of halogens is 1. The smallest absolute Gasteiger partial charge is 0.235 e. The number of rotatable bonds is 6. The van der Waals surface area contributed by atoms with Gasteiger partial charge in [-0.1, -0.05) is 12.1 Å². The average Bonchev–Trinajstić information content (AvgIpc) is 3.37. The van der Waals surface area contributed by atoms with Crippen LogP contribution in [-0.4, -0.2) is 19.1 Å². The van der Waals surface area contributed by atoms with Crippen LogP contribution in [-0.2, 0) is 10.2 Å². The fourth-order valence-corrected chi connectivity index (χ4v) is 2.60. The second-order valence-corrected chi connectivity index (χ2v) is 5.70. The predicted octanol–water partition coefficient (Wildman–Crippen LogP) is 2.83. The van der Waals surface area contributed by atoms with Crippen LogP contribution in [0.4, 0.5) is 10.1 Å². The lowest BCUT2D eigenvalue weighted by Crippen LogP contribution is -2.27. The van der Waals surface area contributed by atoms with E-state index in [9.17, 15) is 9.18 Å². The Labute approximate surface area is 134 Å². The van der Waals surface area contributed by atoms with Crippen LogP contribution < -0.4 is 15.8 Å². The SMILES string of the molecule is NCCOc1ccc(NC(=O)C2(c3ccc(F)cc3)CC2)cc1. The van der Waals surface area contributed by atoms with Gasteiger partial charge in [-0.3, -0.25) is 4.79 Å². The summed E-state index contributed by atoms with van der Waals surface area (Å²) in [5.74, 6) is 0.367. The van der Waals surface area contributed by atoms with Gasteiger partial charge in [0.25, 0.3) is 0 Å². The molecule has 3 rings (SSSR count). The van der Waals surface area contributed by atoms with E-state index in [-0.39, 0.29) is 11.7 Å². The van der Waals surface area contributed by atoms with Gasteiger partial charge in [-0.2, -0.15) is 0 Å². The van der Waals surface area contributed by atoms with Gasteiger partial charge < -0.3 is 15.8 Å². The first-order chi connectivity index (χ1) is 11.1. The number of carbonyl (C=O) groups is 1. The molecule has 1 aliphatic rings. The summed E-state index contributed by atoms with van der Waals surface area (Å²) in [7, 11) is 0. The second-order valence-electron chi connectivity index (χ2n) is 5.70. The zero-order valence-electron chi connectivity index (χ0n) is 12.7. The predicted molar refractivity (Wildman–Crippen MR) is 86.9 cm³/mol. The Balaban J connectivity index is 1.68. The van der Waals surface area contributed by atoms with Gasteiger partial charge in [-0.15, -0.1) is 0 Å². The molecule has 2 aromatic carbocycles. The van der Waals surface area contributed by atoms with Crippen molar-refractivity contribution in [3.8, 4) is 5.75 Å². The molecule has 120 valence electrons. The largest absolute Gasteiger partial charge is 0.492 e. The highest BCUT2D eigenvalue weighted by Gasteiger charge is 2.51. The average molecular weight is 314 g/mol. The molecule has 0 bridgehead atoms. The lowest BCUT2D eigenvalue weighted by molar-refractivity contribution is -0.118. The lowest BCUT2D eigenvalue weighted by atomic mass is 9.95. The number of benzene rings is 2. The van der Waals surface area contributed by atoms with Crippen molar-refractivity contribution in [2.24, 2.45) is 5.73 Å². The Hall–Kier alpha value is -2.40. The quantitative estimate of drug-likeness (QED) is 0.862.